The highest BCUT2D eigenvalue weighted by molar-refractivity contribution is 5.98. The summed E-state index contributed by atoms with van der Waals surface area (Å²) in [6, 6.07) is 11.0. The first-order valence-corrected chi connectivity index (χ1v) is 6.32. The van der Waals surface area contributed by atoms with Gasteiger partial charge in [-0.15, -0.1) is 0 Å². The first kappa shape index (κ1) is 14.9. The fraction of sp³-hybridized carbons (Fsp3) is 0.133. The van der Waals surface area contributed by atoms with Gasteiger partial charge in [0.05, 0.1) is 0 Å². The van der Waals surface area contributed by atoms with Crippen LogP contribution in [0.3, 0.4) is 0 Å². The quantitative estimate of drug-likeness (QED) is 0.343. The number of hydrogen-bond donors (Lipinski definition) is 3. The van der Waals surface area contributed by atoms with E-state index in [9.17, 15) is 8.78 Å². The smallest absolute Gasteiger partial charge is 0.170 e. The van der Waals surface area contributed by atoms with E-state index in [1.165, 1.54) is 6.07 Å². The van der Waals surface area contributed by atoms with Gasteiger partial charge >= 0.3 is 0 Å². The van der Waals surface area contributed by atoms with E-state index in [-0.39, 0.29) is 5.84 Å². The molecular formula is C15H15F2N3O. The molecule has 0 fully saturated rings. The Morgan fingerprint density at radius 1 is 1.10 bits per heavy atom. The maximum Gasteiger partial charge on any atom is 0.170 e. The molecular weight excluding hydrogens is 276 g/mol. The maximum atomic E-state index is 13.1. The van der Waals surface area contributed by atoms with E-state index >= 15 is 0 Å². The van der Waals surface area contributed by atoms with Crippen molar-refractivity contribution in [2.45, 2.75) is 13.1 Å². The van der Waals surface area contributed by atoms with E-state index in [0.717, 1.165) is 17.7 Å². The third-order valence-corrected chi connectivity index (χ3v) is 3.03. The van der Waals surface area contributed by atoms with Crippen molar-refractivity contribution in [2.24, 2.45) is 10.9 Å². The van der Waals surface area contributed by atoms with Gasteiger partial charge in [0, 0.05) is 18.7 Å². The minimum atomic E-state index is -0.869. The Morgan fingerprint density at radius 2 is 1.86 bits per heavy atom. The Balaban J connectivity index is 2.02. The minimum absolute atomic E-state index is 0.0280. The molecule has 110 valence electrons. The number of nitrogens with one attached hydrogen (secondary N) is 1. The second kappa shape index (κ2) is 6.81. The molecule has 4 N–H and O–H groups in total. The van der Waals surface area contributed by atoms with Crippen molar-refractivity contribution < 1.29 is 14.0 Å². The highest BCUT2D eigenvalue weighted by Crippen LogP contribution is 2.10. The van der Waals surface area contributed by atoms with Crippen molar-refractivity contribution in [1.29, 1.82) is 0 Å². The Kier molecular flexibility index (Phi) is 4.84. The Labute approximate surface area is 120 Å². The zero-order chi connectivity index (χ0) is 15.2. The first-order chi connectivity index (χ1) is 10.1. The predicted molar refractivity (Wildman–Crippen MR) is 75.9 cm³/mol. The molecule has 0 radical (unpaired) electrons. The van der Waals surface area contributed by atoms with E-state index in [2.05, 4.69) is 10.5 Å². The molecule has 0 aliphatic heterocycles. The molecule has 0 saturated carbocycles. The van der Waals surface area contributed by atoms with E-state index in [0.29, 0.717) is 24.2 Å². The molecule has 0 spiro atoms. The van der Waals surface area contributed by atoms with Crippen molar-refractivity contribution in [2.75, 3.05) is 0 Å². The van der Waals surface area contributed by atoms with Gasteiger partial charge in [-0.2, -0.15) is 0 Å². The van der Waals surface area contributed by atoms with Crippen molar-refractivity contribution in [1.82, 2.24) is 5.32 Å². The van der Waals surface area contributed by atoms with Crippen molar-refractivity contribution in [3.63, 3.8) is 0 Å². The molecule has 21 heavy (non-hydrogen) atoms. The number of nitrogens with zero attached hydrogens (tertiary/aromatic N) is 1. The largest absolute Gasteiger partial charge is 0.409 e. The summed E-state index contributed by atoms with van der Waals surface area (Å²) >= 11 is 0. The standard InChI is InChI=1S/C15H15F2N3O/c16-13-6-5-10(7-14(13)17)8-19-9-11-3-1-2-4-12(11)15(18)20-21/h1-7,19,21H,8-9H2,(H2,18,20). The molecule has 2 rings (SSSR count). The summed E-state index contributed by atoms with van der Waals surface area (Å²) in [6.45, 7) is 0.826. The van der Waals surface area contributed by atoms with E-state index in [1.54, 1.807) is 12.1 Å². The van der Waals surface area contributed by atoms with Gasteiger partial charge in [-0.1, -0.05) is 35.5 Å². The van der Waals surface area contributed by atoms with Crippen molar-refractivity contribution >= 4 is 5.84 Å². The monoisotopic (exact) mass is 291 g/mol. The van der Waals surface area contributed by atoms with Crippen LogP contribution in [0.25, 0.3) is 0 Å². The van der Waals surface area contributed by atoms with Crippen LogP contribution in [0.5, 0.6) is 0 Å². The van der Waals surface area contributed by atoms with Crippen LogP contribution in [-0.2, 0) is 13.1 Å². The van der Waals surface area contributed by atoms with Crippen LogP contribution in [0.2, 0.25) is 0 Å². The van der Waals surface area contributed by atoms with Crippen LogP contribution in [0.15, 0.2) is 47.6 Å². The number of halogens is 2. The number of nitrogens with two attached hydrogens (primary N) is 1. The van der Waals surface area contributed by atoms with Crippen molar-refractivity contribution in [3.05, 3.63) is 70.8 Å². The first-order valence-electron chi connectivity index (χ1n) is 6.32. The summed E-state index contributed by atoms with van der Waals surface area (Å²) in [4.78, 5) is 0. The molecule has 0 unspecified atom stereocenters. The average molecular weight is 291 g/mol. The molecule has 0 atom stereocenters. The summed E-state index contributed by atoms with van der Waals surface area (Å²) in [5.41, 5.74) is 7.70. The van der Waals surface area contributed by atoms with E-state index in [1.807, 2.05) is 12.1 Å². The fourth-order valence-electron chi connectivity index (χ4n) is 1.97. The van der Waals surface area contributed by atoms with Gasteiger partial charge in [0.1, 0.15) is 0 Å². The zero-order valence-electron chi connectivity index (χ0n) is 11.2. The number of oxime groups is 1. The fourth-order valence-corrected chi connectivity index (χ4v) is 1.97. The molecule has 0 amide bonds. The molecule has 0 aromatic heterocycles. The number of rotatable bonds is 5. The van der Waals surface area contributed by atoms with Crippen LogP contribution in [0, 0.1) is 11.6 Å². The highest BCUT2D eigenvalue weighted by atomic mass is 19.2. The number of benzene rings is 2. The molecule has 0 aliphatic rings. The molecule has 0 bridgehead atoms. The maximum absolute atomic E-state index is 13.1. The summed E-state index contributed by atoms with van der Waals surface area (Å²) in [5, 5.41) is 14.8. The second-order valence-corrected chi connectivity index (χ2v) is 4.49. The van der Waals surface area contributed by atoms with Gasteiger partial charge < -0.3 is 16.3 Å². The minimum Gasteiger partial charge on any atom is -0.409 e. The predicted octanol–water partition coefficient (Wildman–Crippen LogP) is 2.35. The van der Waals surface area contributed by atoms with E-state index < -0.39 is 11.6 Å². The number of amidine groups is 1. The molecule has 0 heterocycles. The van der Waals surface area contributed by atoms with Crippen molar-refractivity contribution in [3.8, 4) is 0 Å². The summed E-state index contributed by atoms with van der Waals surface area (Å²) in [5.74, 6) is -1.71. The Hall–Kier alpha value is -2.47. The van der Waals surface area contributed by atoms with Gasteiger partial charge in [-0.25, -0.2) is 8.78 Å². The lowest BCUT2D eigenvalue weighted by molar-refractivity contribution is 0.318. The normalized spacial score (nSPS) is 11.6. The van der Waals surface area contributed by atoms with Gasteiger partial charge in [0.2, 0.25) is 0 Å². The summed E-state index contributed by atoms with van der Waals surface area (Å²) in [6.07, 6.45) is 0. The molecule has 0 saturated heterocycles. The molecule has 0 aliphatic carbocycles. The summed E-state index contributed by atoms with van der Waals surface area (Å²) in [7, 11) is 0. The van der Waals surface area contributed by atoms with Crippen LogP contribution in [-0.4, -0.2) is 11.0 Å². The molecule has 4 nitrogen and oxygen atoms in total. The second-order valence-electron chi connectivity index (χ2n) is 4.49. The Bertz CT molecular complexity index is 659. The summed E-state index contributed by atoms with van der Waals surface area (Å²) < 4.78 is 25.9. The molecule has 6 heteroatoms. The topological polar surface area (TPSA) is 70.6 Å². The number of hydrogen-bond acceptors (Lipinski definition) is 3. The van der Waals surface area contributed by atoms with Crippen LogP contribution in [0.4, 0.5) is 8.78 Å². The lowest BCUT2D eigenvalue weighted by atomic mass is 10.1. The van der Waals surface area contributed by atoms with Gasteiger partial charge in [0.25, 0.3) is 0 Å². The zero-order valence-corrected chi connectivity index (χ0v) is 11.2. The van der Waals surface area contributed by atoms with Gasteiger partial charge in [-0.3, -0.25) is 0 Å². The third-order valence-electron chi connectivity index (χ3n) is 3.03. The Morgan fingerprint density at radius 3 is 2.57 bits per heavy atom. The van der Waals surface area contributed by atoms with Crippen LogP contribution >= 0.6 is 0 Å². The third kappa shape index (κ3) is 3.76. The van der Waals surface area contributed by atoms with E-state index in [4.69, 9.17) is 10.9 Å². The highest BCUT2D eigenvalue weighted by Gasteiger charge is 2.06. The lowest BCUT2D eigenvalue weighted by Crippen LogP contribution is -2.19. The molecule has 2 aromatic carbocycles. The van der Waals surface area contributed by atoms with Gasteiger partial charge in [-0.05, 0) is 23.3 Å². The average Bonchev–Trinajstić information content (AvgIpc) is 2.50. The molecule has 2 aromatic rings. The van der Waals surface area contributed by atoms with Crippen LogP contribution < -0.4 is 11.1 Å². The van der Waals surface area contributed by atoms with Gasteiger partial charge in [0.15, 0.2) is 17.5 Å². The SMILES string of the molecule is NC(=NO)c1ccccc1CNCc1ccc(F)c(F)c1. The van der Waals surface area contributed by atoms with Crippen LogP contribution in [0.1, 0.15) is 16.7 Å². The lowest BCUT2D eigenvalue weighted by Gasteiger charge is -2.09.